The molecule has 0 unspecified atom stereocenters. The average molecular weight is 390 g/mol. The second-order valence-electron chi connectivity index (χ2n) is 5.22. The number of ether oxygens (including phenoxy) is 2. The van der Waals surface area contributed by atoms with Gasteiger partial charge in [-0.25, -0.2) is 8.42 Å². The van der Waals surface area contributed by atoms with Crippen molar-refractivity contribution in [2.75, 3.05) is 20.2 Å². The Morgan fingerprint density at radius 2 is 2.08 bits per heavy atom. The van der Waals surface area contributed by atoms with Crippen LogP contribution in [0.15, 0.2) is 28.6 Å². The van der Waals surface area contributed by atoms with E-state index in [0.717, 1.165) is 0 Å². The number of methoxy groups -OCH3 is 1. The van der Waals surface area contributed by atoms with E-state index >= 15 is 0 Å². The van der Waals surface area contributed by atoms with E-state index in [0.29, 0.717) is 36.1 Å². The van der Waals surface area contributed by atoms with Crippen molar-refractivity contribution >= 4 is 33.0 Å². The molecule has 0 saturated carbocycles. The molecule has 10 heteroatoms. The summed E-state index contributed by atoms with van der Waals surface area (Å²) in [5.41, 5.74) is 1.60. The molecule has 2 heterocycles. The van der Waals surface area contributed by atoms with Gasteiger partial charge in [-0.1, -0.05) is 22.9 Å². The largest absolute Gasteiger partial charge is 0.495 e. The van der Waals surface area contributed by atoms with Gasteiger partial charge in [-0.15, -0.1) is 10.2 Å². The van der Waals surface area contributed by atoms with E-state index in [1.54, 1.807) is 17.6 Å². The maximum absolute atomic E-state index is 12.9. The van der Waals surface area contributed by atoms with Crippen LogP contribution in [0.25, 0.3) is 0 Å². The van der Waals surface area contributed by atoms with Gasteiger partial charge in [0.05, 0.1) is 7.11 Å². The Bertz CT molecular complexity index is 790. The van der Waals surface area contributed by atoms with Crippen molar-refractivity contribution in [2.24, 2.45) is 0 Å². The molecule has 0 radical (unpaired) electrons. The minimum Gasteiger partial charge on any atom is -0.495 e. The molecule has 0 atom stereocenters. The summed E-state index contributed by atoms with van der Waals surface area (Å²) in [5.74, 6) is 0.284. The fraction of sp³-hybridized carbons (Fsp3) is 0.429. The third-order valence-electron chi connectivity index (χ3n) is 3.75. The number of nitrogens with zero attached hydrogens (tertiary/aromatic N) is 3. The van der Waals surface area contributed by atoms with Crippen LogP contribution in [0.3, 0.4) is 0 Å². The van der Waals surface area contributed by atoms with Crippen molar-refractivity contribution in [3.05, 3.63) is 28.7 Å². The number of piperidine rings is 1. The standard InChI is InChI=1S/C14H16ClN3O4S2/c1-21-12-3-2-10(15)8-13(12)24(19,20)18-6-4-11(5-7-18)22-14-17-16-9-23-14/h2-3,8-9,11H,4-7H2,1H3. The molecule has 1 aliphatic heterocycles. The number of sulfonamides is 1. The minimum atomic E-state index is -3.67. The molecule has 1 aliphatic rings. The second-order valence-corrected chi connectivity index (χ2v) is 8.36. The van der Waals surface area contributed by atoms with Crippen LogP contribution in [0.2, 0.25) is 5.02 Å². The zero-order valence-electron chi connectivity index (χ0n) is 12.9. The molecule has 2 aromatic rings. The van der Waals surface area contributed by atoms with Crippen LogP contribution in [-0.2, 0) is 10.0 Å². The Hall–Kier alpha value is -1.42. The van der Waals surface area contributed by atoms with Gasteiger partial charge in [0.25, 0.3) is 5.19 Å². The molecular weight excluding hydrogens is 374 g/mol. The Labute approximate surface area is 149 Å². The van der Waals surface area contributed by atoms with Gasteiger partial charge < -0.3 is 9.47 Å². The van der Waals surface area contributed by atoms with E-state index in [2.05, 4.69) is 10.2 Å². The topological polar surface area (TPSA) is 81.6 Å². The van der Waals surface area contributed by atoms with Crippen LogP contribution in [-0.4, -0.2) is 49.2 Å². The van der Waals surface area contributed by atoms with E-state index in [4.69, 9.17) is 21.1 Å². The molecule has 0 amide bonds. The minimum absolute atomic E-state index is 0.0642. The van der Waals surface area contributed by atoms with Crippen LogP contribution < -0.4 is 9.47 Å². The highest BCUT2D eigenvalue weighted by Gasteiger charge is 2.32. The van der Waals surface area contributed by atoms with Crippen molar-refractivity contribution in [2.45, 2.75) is 23.8 Å². The summed E-state index contributed by atoms with van der Waals surface area (Å²) in [4.78, 5) is 0.0843. The number of benzene rings is 1. The number of hydrogen-bond acceptors (Lipinski definition) is 7. The number of halogens is 1. The van der Waals surface area contributed by atoms with E-state index in [1.807, 2.05) is 0 Å². The lowest BCUT2D eigenvalue weighted by atomic mass is 10.1. The molecule has 1 saturated heterocycles. The second kappa shape index (κ2) is 7.22. The lowest BCUT2D eigenvalue weighted by Gasteiger charge is -2.31. The Morgan fingerprint density at radius 3 is 2.71 bits per heavy atom. The van der Waals surface area contributed by atoms with E-state index in [1.165, 1.54) is 28.8 Å². The Balaban J connectivity index is 1.72. The third kappa shape index (κ3) is 3.64. The molecule has 24 heavy (non-hydrogen) atoms. The quantitative estimate of drug-likeness (QED) is 0.781. The molecule has 1 fully saturated rings. The maximum Gasteiger partial charge on any atom is 0.294 e. The van der Waals surface area contributed by atoms with Gasteiger partial charge >= 0.3 is 0 Å². The molecule has 7 nitrogen and oxygen atoms in total. The zero-order valence-corrected chi connectivity index (χ0v) is 15.3. The van der Waals surface area contributed by atoms with Crippen LogP contribution in [0.5, 0.6) is 10.9 Å². The molecule has 0 spiro atoms. The summed E-state index contributed by atoms with van der Waals surface area (Å²) in [6.45, 7) is 0.725. The summed E-state index contributed by atoms with van der Waals surface area (Å²) >= 11 is 7.27. The monoisotopic (exact) mass is 389 g/mol. The summed E-state index contributed by atoms with van der Waals surface area (Å²) in [6.07, 6.45) is 1.11. The zero-order chi connectivity index (χ0) is 17.2. The van der Waals surface area contributed by atoms with Crippen LogP contribution in [0.4, 0.5) is 0 Å². The molecule has 130 valence electrons. The molecular formula is C14H16ClN3O4S2. The van der Waals surface area contributed by atoms with Gasteiger partial charge in [-0.2, -0.15) is 4.31 Å². The highest BCUT2D eigenvalue weighted by atomic mass is 35.5. The smallest absolute Gasteiger partial charge is 0.294 e. The van der Waals surface area contributed by atoms with Crippen molar-refractivity contribution in [1.82, 2.24) is 14.5 Å². The number of hydrogen-bond donors (Lipinski definition) is 0. The van der Waals surface area contributed by atoms with Crippen molar-refractivity contribution in [1.29, 1.82) is 0 Å². The van der Waals surface area contributed by atoms with E-state index in [-0.39, 0.29) is 16.7 Å². The van der Waals surface area contributed by atoms with Crippen molar-refractivity contribution < 1.29 is 17.9 Å². The highest BCUT2D eigenvalue weighted by Crippen LogP contribution is 2.31. The van der Waals surface area contributed by atoms with Gasteiger partial charge in [0.2, 0.25) is 10.0 Å². The summed E-state index contributed by atoms with van der Waals surface area (Å²) in [7, 11) is -2.23. The highest BCUT2D eigenvalue weighted by molar-refractivity contribution is 7.89. The predicted molar refractivity (Wildman–Crippen MR) is 90.3 cm³/mol. The van der Waals surface area contributed by atoms with Crippen molar-refractivity contribution in [3.63, 3.8) is 0 Å². The maximum atomic E-state index is 12.9. The van der Waals surface area contributed by atoms with E-state index in [9.17, 15) is 8.42 Å². The molecule has 0 aliphatic carbocycles. The first kappa shape index (κ1) is 17.4. The first-order valence-electron chi connectivity index (χ1n) is 7.27. The normalized spacial score (nSPS) is 16.9. The molecule has 1 aromatic carbocycles. The van der Waals surface area contributed by atoms with Crippen LogP contribution in [0, 0.1) is 0 Å². The molecule has 3 rings (SSSR count). The lowest BCUT2D eigenvalue weighted by molar-refractivity contribution is 0.133. The fourth-order valence-corrected chi connectivity index (χ4v) is 4.90. The molecule has 0 bridgehead atoms. The van der Waals surface area contributed by atoms with Gasteiger partial charge in [0, 0.05) is 18.1 Å². The summed E-state index contributed by atoms with van der Waals surface area (Å²) < 4.78 is 38.0. The number of rotatable bonds is 5. The Kier molecular flexibility index (Phi) is 5.24. The van der Waals surface area contributed by atoms with Gasteiger partial charge in [-0.05, 0) is 31.0 Å². The molecule has 1 aromatic heterocycles. The van der Waals surface area contributed by atoms with Gasteiger partial charge in [0.15, 0.2) is 0 Å². The third-order valence-corrected chi connectivity index (χ3v) is 6.49. The van der Waals surface area contributed by atoms with Crippen molar-refractivity contribution in [3.8, 4) is 10.9 Å². The summed E-state index contributed by atoms with van der Waals surface area (Å²) in [6, 6.07) is 4.57. The van der Waals surface area contributed by atoms with E-state index < -0.39 is 10.0 Å². The Morgan fingerprint density at radius 1 is 1.33 bits per heavy atom. The van der Waals surface area contributed by atoms with Crippen LogP contribution >= 0.6 is 22.9 Å². The predicted octanol–water partition coefficient (Wildman–Crippen LogP) is 2.43. The molecule has 0 N–H and O–H groups in total. The number of aromatic nitrogens is 2. The fourth-order valence-electron chi connectivity index (χ4n) is 2.54. The lowest BCUT2D eigenvalue weighted by Crippen LogP contribution is -2.41. The average Bonchev–Trinajstić information content (AvgIpc) is 3.08. The SMILES string of the molecule is COc1ccc(Cl)cc1S(=O)(=O)N1CCC(Oc2nncs2)CC1. The summed E-state index contributed by atoms with van der Waals surface area (Å²) in [5, 5.41) is 8.42. The van der Waals surface area contributed by atoms with Gasteiger partial charge in [-0.3, -0.25) is 0 Å². The van der Waals surface area contributed by atoms with Gasteiger partial charge in [0.1, 0.15) is 22.3 Å². The van der Waals surface area contributed by atoms with Crippen LogP contribution in [0.1, 0.15) is 12.8 Å². The first-order chi connectivity index (χ1) is 11.5. The first-order valence-corrected chi connectivity index (χ1v) is 9.97.